The predicted octanol–water partition coefficient (Wildman–Crippen LogP) is 1.18. The van der Waals surface area contributed by atoms with E-state index in [1.165, 1.54) is 0 Å². The monoisotopic (exact) mass is 173 g/mol. The number of carbonyl (C=O) groups excluding carboxylic acids is 1. The van der Waals surface area contributed by atoms with E-state index in [0.29, 0.717) is 12.5 Å². The molecule has 0 heterocycles. The van der Waals surface area contributed by atoms with Gasteiger partial charge >= 0.3 is 5.97 Å². The third kappa shape index (κ3) is 3.22. The maximum absolute atomic E-state index is 11.3. The van der Waals surface area contributed by atoms with Crippen LogP contribution in [-0.2, 0) is 9.53 Å². The Balaban J connectivity index is 4.04. The number of hydrogen-bond acceptors (Lipinski definition) is 3. The van der Waals surface area contributed by atoms with E-state index in [2.05, 4.69) is 12.2 Å². The largest absolute Gasteiger partial charge is 0.465 e. The first kappa shape index (κ1) is 11.4. The maximum atomic E-state index is 11.3. The Morgan fingerprint density at radius 1 is 1.50 bits per heavy atom. The number of ether oxygens (including phenoxy) is 1. The van der Waals surface area contributed by atoms with Crippen LogP contribution in [0.3, 0.4) is 0 Å². The van der Waals surface area contributed by atoms with Crippen molar-refractivity contribution in [3.8, 4) is 0 Å². The highest BCUT2D eigenvalue weighted by molar-refractivity contribution is 5.76. The lowest BCUT2D eigenvalue weighted by Gasteiger charge is -2.19. The van der Waals surface area contributed by atoms with Crippen LogP contribution in [0.1, 0.15) is 27.2 Å². The summed E-state index contributed by atoms with van der Waals surface area (Å²) in [4.78, 5) is 11.3. The zero-order valence-corrected chi connectivity index (χ0v) is 8.39. The number of esters is 1. The first-order valence-electron chi connectivity index (χ1n) is 4.51. The molecule has 0 bridgehead atoms. The van der Waals surface area contributed by atoms with Gasteiger partial charge in [-0.05, 0) is 19.9 Å². The molecule has 0 aliphatic rings. The Kier molecular flexibility index (Phi) is 5.72. The first-order chi connectivity index (χ1) is 5.67. The van der Waals surface area contributed by atoms with Gasteiger partial charge in [0, 0.05) is 0 Å². The van der Waals surface area contributed by atoms with Gasteiger partial charge in [-0.2, -0.15) is 0 Å². The fourth-order valence-electron chi connectivity index (χ4n) is 1.10. The van der Waals surface area contributed by atoms with Crippen molar-refractivity contribution in [2.45, 2.75) is 33.2 Å². The zero-order chi connectivity index (χ0) is 9.56. The average Bonchev–Trinajstić information content (AvgIpc) is 2.06. The fourth-order valence-corrected chi connectivity index (χ4v) is 1.10. The summed E-state index contributed by atoms with van der Waals surface area (Å²) in [6, 6.07) is -0.157. The lowest BCUT2D eigenvalue weighted by atomic mass is 10.00. The standard InChI is InChI=1S/C9H19NO2/c1-5-7(3)8(10-4)9(11)12-6-2/h7-8,10H,5-6H2,1-4H3. The lowest BCUT2D eigenvalue weighted by molar-refractivity contribution is -0.146. The molecule has 0 fully saturated rings. The topological polar surface area (TPSA) is 38.3 Å². The third-order valence-corrected chi connectivity index (χ3v) is 2.06. The van der Waals surface area contributed by atoms with Crippen molar-refractivity contribution in [1.29, 1.82) is 0 Å². The van der Waals surface area contributed by atoms with Crippen LogP contribution in [0.25, 0.3) is 0 Å². The van der Waals surface area contributed by atoms with Gasteiger partial charge in [0.2, 0.25) is 0 Å². The van der Waals surface area contributed by atoms with Crippen molar-refractivity contribution in [3.05, 3.63) is 0 Å². The molecule has 0 spiro atoms. The van der Waals surface area contributed by atoms with E-state index < -0.39 is 0 Å². The minimum atomic E-state index is -0.157. The van der Waals surface area contributed by atoms with Crippen LogP contribution in [0.4, 0.5) is 0 Å². The molecule has 3 nitrogen and oxygen atoms in total. The first-order valence-corrected chi connectivity index (χ1v) is 4.51. The SMILES string of the molecule is CCOC(=O)C(NC)C(C)CC. The minimum Gasteiger partial charge on any atom is -0.465 e. The summed E-state index contributed by atoms with van der Waals surface area (Å²) in [7, 11) is 1.79. The van der Waals surface area contributed by atoms with E-state index in [0.717, 1.165) is 6.42 Å². The molecule has 0 aromatic carbocycles. The maximum Gasteiger partial charge on any atom is 0.323 e. The van der Waals surface area contributed by atoms with Crippen molar-refractivity contribution < 1.29 is 9.53 Å². The highest BCUT2D eigenvalue weighted by atomic mass is 16.5. The van der Waals surface area contributed by atoms with Gasteiger partial charge in [0.25, 0.3) is 0 Å². The fraction of sp³-hybridized carbons (Fsp3) is 0.889. The highest BCUT2D eigenvalue weighted by Crippen LogP contribution is 2.08. The molecule has 0 aliphatic heterocycles. The van der Waals surface area contributed by atoms with E-state index in [9.17, 15) is 4.79 Å². The Hall–Kier alpha value is -0.570. The Morgan fingerprint density at radius 3 is 2.42 bits per heavy atom. The van der Waals surface area contributed by atoms with Gasteiger partial charge in [0.1, 0.15) is 6.04 Å². The van der Waals surface area contributed by atoms with Gasteiger partial charge in [-0.15, -0.1) is 0 Å². The van der Waals surface area contributed by atoms with Crippen molar-refractivity contribution in [2.75, 3.05) is 13.7 Å². The molecule has 1 N–H and O–H groups in total. The molecule has 3 heteroatoms. The summed E-state index contributed by atoms with van der Waals surface area (Å²) in [5.41, 5.74) is 0. The van der Waals surface area contributed by atoms with Gasteiger partial charge in [-0.25, -0.2) is 0 Å². The lowest BCUT2D eigenvalue weighted by Crippen LogP contribution is -2.40. The molecule has 0 aromatic heterocycles. The predicted molar refractivity (Wildman–Crippen MR) is 48.9 cm³/mol. The number of likely N-dealkylation sites (N-methyl/N-ethyl adjacent to an activating group) is 1. The summed E-state index contributed by atoms with van der Waals surface area (Å²) in [5.74, 6) is 0.184. The molecule has 0 amide bonds. The second-order valence-electron chi connectivity index (χ2n) is 2.90. The Labute approximate surface area is 74.5 Å². The van der Waals surface area contributed by atoms with E-state index in [1.54, 1.807) is 7.05 Å². The van der Waals surface area contributed by atoms with Crippen molar-refractivity contribution in [2.24, 2.45) is 5.92 Å². The smallest absolute Gasteiger partial charge is 0.323 e. The summed E-state index contributed by atoms with van der Waals surface area (Å²) < 4.78 is 4.92. The Bertz CT molecular complexity index is 136. The third-order valence-electron chi connectivity index (χ3n) is 2.06. The molecule has 72 valence electrons. The minimum absolute atomic E-state index is 0.144. The van der Waals surface area contributed by atoms with E-state index >= 15 is 0 Å². The van der Waals surface area contributed by atoms with E-state index in [4.69, 9.17) is 4.74 Å². The van der Waals surface area contributed by atoms with Crippen molar-refractivity contribution >= 4 is 5.97 Å². The zero-order valence-electron chi connectivity index (χ0n) is 8.39. The number of hydrogen-bond donors (Lipinski definition) is 1. The molecule has 0 saturated carbocycles. The summed E-state index contributed by atoms with van der Waals surface area (Å²) in [6.45, 7) is 6.38. The van der Waals surface area contributed by atoms with Gasteiger partial charge in [0.15, 0.2) is 0 Å². The van der Waals surface area contributed by atoms with Crippen LogP contribution >= 0.6 is 0 Å². The molecule has 0 aromatic rings. The molecule has 12 heavy (non-hydrogen) atoms. The molecule has 2 unspecified atom stereocenters. The van der Waals surface area contributed by atoms with Gasteiger partial charge in [0.05, 0.1) is 6.61 Å². The number of nitrogens with one attached hydrogen (secondary N) is 1. The van der Waals surface area contributed by atoms with Crippen molar-refractivity contribution in [1.82, 2.24) is 5.32 Å². The van der Waals surface area contributed by atoms with Gasteiger partial charge in [-0.3, -0.25) is 4.79 Å². The van der Waals surface area contributed by atoms with Gasteiger partial charge in [-0.1, -0.05) is 20.3 Å². The molecular weight excluding hydrogens is 154 g/mol. The normalized spacial score (nSPS) is 15.3. The van der Waals surface area contributed by atoms with Crippen LogP contribution < -0.4 is 5.32 Å². The van der Waals surface area contributed by atoms with Crippen LogP contribution in [0.2, 0.25) is 0 Å². The van der Waals surface area contributed by atoms with E-state index in [-0.39, 0.29) is 12.0 Å². The van der Waals surface area contributed by atoms with Crippen LogP contribution in [0.15, 0.2) is 0 Å². The molecule has 0 radical (unpaired) electrons. The number of carbonyl (C=O) groups is 1. The molecule has 2 atom stereocenters. The average molecular weight is 173 g/mol. The second-order valence-corrected chi connectivity index (χ2v) is 2.90. The molecule has 0 saturated heterocycles. The van der Waals surface area contributed by atoms with Gasteiger partial charge < -0.3 is 10.1 Å². The number of rotatable bonds is 5. The second kappa shape index (κ2) is 6.00. The van der Waals surface area contributed by atoms with Crippen LogP contribution in [0, 0.1) is 5.92 Å². The van der Waals surface area contributed by atoms with Crippen LogP contribution in [0.5, 0.6) is 0 Å². The quantitative estimate of drug-likeness (QED) is 0.634. The van der Waals surface area contributed by atoms with E-state index in [1.807, 2.05) is 13.8 Å². The Morgan fingerprint density at radius 2 is 2.08 bits per heavy atom. The van der Waals surface area contributed by atoms with Crippen LogP contribution in [-0.4, -0.2) is 25.7 Å². The summed E-state index contributed by atoms with van der Waals surface area (Å²) in [6.07, 6.45) is 0.977. The molecule has 0 rings (SSSR count). The summed E-state index contributed by atoms with van der Waals surface area (Å²) >= 11 is 0. The highest BCUT2D eigenvalue weighted by Gasteiger charge is 2.22. The molecule has 0 aliphatic carbocycles. The molecular formula is C9H19NO2. The summed E-state index contributed by atoms with van der Waals surface area (Å²) in [5, 5.41) is 2.96. The van der Waals surface area contributed by atoms with Crippen molar-refractivity contribution in [3.63, 3.8) is 0 Å².